The molecule has 0 heterocycles. The van der Waals surface area contributed by atoms with Crippen molar-refractivity contribution in [1.82, 2.24) is 0 Å². The maximum Gasteiger partial charge on any atom is 0.133 e. The van der Waals surface area contributed by atoms with Crippen LogP contribution < -0.4 is 15.2 Å². The zero-order chi connectivity index (χ0) is 15.1. The molecule has 2 rings (SSSR count). The van der Waals surface area contributed by atoms with Gasteiger partial charge < -0.3 is 15.2 Å². The number of ether oxygens (including phenoxy) is 2. The van der Waals surface area contributed by atoms with Gasteiger partial charge >= 0.3 is 0 Å². The SMILES string of the molecule is COc1ccc(OCCC(N)(C#N)c2ccccc2)cc1. The maximum absolute atomic E-state index is 9.36. The molecule has 0 amide bonds. The first-order chi connectivity index (χ1) is 10.2. The van der Waals surface area contributed by atoms with Crippen molar-refractivity contribution in [2.24, 2.45) is 5.73 Å². The fourth-order valence-electron chi connectivity index (χ4n) is 2.00. The molecule has 0 saturated carbocycles. The zero-order valence-corrected chi connectivity index (χ0v) is 12.0. The Morgan fingerprint density at radius 3 is 2.24 bits per heavy atom. The smallest absolute Gasteiger partial charge is 0.133 e. The number of nitrogens with two attached hydrogens (primary N) is 1. The second-order valence-electron chi connectivity index (χ2n) is 4.72. The minimum absolute atomic E-state index is 0.366. The Bertz CT molecular complexity index is 605. The fourth-order valence-corrected chi connectivity index (χ4v) is 2.00. The molecule has 108 valence electrons. The summed E-state index contributed by atoms with van der Waals surface area (Å²) in [4.78, 5) is 0. The number of rotatable bonds is 6. The summed E-state index contributed by atoms with van der Waals surface area (Å²) in [6.45, 7) is 0.366. The van der Waals surface area contributed by atoms with E-state index in [1.807, 2.05) is 54.6 Å². The fraction of sp³-hybridized carbons (Fsp3) is 0.235. The summed E-state index contributed by atoms with van der Waals surface area (Å²) in [5.74, 6) is 1.50. The van der Waals surface area contributed by atoms with Crippen LogP contribution >= 0.6 is 0 Å². The Kier molecular flexibility index (Phi) is 4.81. The van der Waals surface area contributed by atoms with E-state index in [9.17, 15) is 5.26 Å². The van der Waals surface area contributed by atoms with Crippen molar-refractivity contribution in [3.63, 3.8) is 0 Å². The first-order valence-corrected chi connectivity index (χ1v) is 6.70. The second-order valence-corrected chi connectivity index (χ2v) is 4.72. The molecule has 0 radical (unpaired) electrons. The minimum atomic E-state index is -1.03. The van der Waals surface area contributed by atoms with Crippen LogP contribution in [0.5, 0.6) is 11.5 Å². The average Bonchev–Trinajstić information content (AvgIpc) is 2.56. The molecular formula is C17H18N2O2. The van der Waals surface area contributed by atoms with E-state index in [0.29, 0.717) is 13.0 Å². The molecule has 0 aliphatic rings. The third-order valence-corrected chi connectivity index (χ3v) is 3.31. The van der Waals surface area contributed by atoms with Gasteiger partial charge in [0.05, 0.1) is 19.8 Å². The molecule has 0 spiro atoms. The van der Waals surface area contributed by atoms with E-state index in [4.69, 9.17) is 15.2 Å². The number of nitrogens with zero attached hydrogens (tertiary/aromatic N) is 1. The lowest BCUT2D eigenvalue weighted by Crippen LogP contribution is -2.36. The molecule has 21 heavy (non-hydrogen) atoms. The summed E-state index contributed by atoms with van der Waals surface area (Å²) in [5, 5.41) is 9.36. The van der Waals surface area contributed by atoms with E-state index in [0.717, 1.165) is 17.1 Å². The van der Waals surface area contributed by atoms with E-state index in [-0.39, 0.29) is 0 Å². The van der Waals surface area contributed by atoms with Crippen LogP contribution in [0.2, 0.25) is 0 Å². The minimum Gasteiger partial charge on any atom is -0.497 e. The molecule has 0 aromatic heterocycles. The summed E-state index contributed by atoms with van der Waals surface area (Å²) in [6.07, 6.45) is 0.416. The molecule has 4 heteroatoms. The summed E-state index contributed by atoms with van der Waals surface area (Å²) >= 11 is 0. The van der Waals surface area contributed by atoms with Crippen LogP contribution in [0.3, 0.4) is 0 Å². The van der Waals surface area contributed by atoms with Crippen molar-refractivity contribution in [2.75, 3.05) is 13.7 Å². The first kappa shape index (κ1) is 14.9. The number of hydrogen-bond donors (Lipinski definition) is 1. The topological polar surface area (TPSA) is 68.3 Å². The van der Waals surface area contributed by atoms with E-state index in [1.54, 1.807) is 7.11 Å². The van der Waals surface area contributed by atoms with Crippen LogP contribution in [0.25, 0.3) is 0 Å². The highest BCUT2D eigenvalue weighted by molar-refractivity contribution is 5.32. The molecule has 0 bridgehead atoms. The van der Waals surface area contributed by atoms with Gasteiger partial charge in [-0.2, -0.15) is 5.26 Å². The lowest BCUT2D eigenvalue weighted by Gasteiger charge is -2.22. The highest BCUT2D eigenvalue weighted by Crippen LogP contribution is 2.22. The number of methoxy groups -OCH3 is 1. The van der Waals surface area contributed by atoms with Crippen molar-refractivity contribution >= 4 is 0 Å². The number of nitriles is 1. The molecule has 0 saturated heterocycles. The molecule has 2 aromatic rings. The van der Waals surface area contributed by atoms with Gasteiger partial charge in [0, 0.05) is 6.42 Å². The van der Waals surface area contributed by atoms with Gasteiger partial charge in [0.1, 0.15) is 17.0 Å². The van der Waals surface area contributed by atoms with Crippen LogP contribution in [0.4, 0.5) is 0 Å². The maximum atomic E-state index is 9.36. The second kappa shape index (κ2) is 6.78. The Hall–Kier alpha value is -2.51. The van der Waals surface area contributed by atoms with Gasteiger partial charge in [-0.3, -0.25) is 0 Å². The zero-order valence-electron chi connectivity index (χ0n) is 12.0. The summed E-state index contributed by atoms with van der Waals surface area (Å²) in [6, 6.07) is 18.8. The van der Waals surface area contributed by atoms with Crippen LogP contribution in [-0.2, 0) is 5.54 Å². The highest BCUT2D eigenvalue weighted by Gasteiger charge is 2.26. The van der Waals surface area contributed by atoms with Gasteiger partial charge in [-0.05, 0) is 29.8 Å². The molecule has 4 nitrogen and oxygen atoms in total. The Morgan fingerprint density at radius 2 is 1.67 bits per heavy atom. The Labute approximate surface area is 124 Å². The molecule has 0 fully saturated rings. The predicted molar refractivity (Wildman–Crippen MR) is 81.0 cm³/mol. The van der Waals surface area contributed by atoms with Gasteiger partial charge in [-0.25, -0.2) is 0 Å². The van der Waals surface area contributed by atoms with Crippen LogP contribution in [-0.4, -0.2) is 13.7 Å². The molecule has 0 aliphatic heterocycles. The molecule has 1 unspecified atom stereocenters. The van der Waals surface area contributed by atoms with E-state index < -0.39 is 5.54 Å². The lowest BCUT2D eigenvalue weighted by molar-refractivity contribution is 0.281. The third-order valence-electron chi connectivity index (χ3n) is 3.31. The number of hydrogen-bond acceptors (Lipinski definition) is 4. The normalized spacial score (nSPS) is 13.0. The van der Waals surface area contributed by atoms with Crippen LogP contribution in [0.1, 0.15) is 12.0 Å². The highest BCUT2D eigenvalue weighted by atomic mass is 16.5. The van der Waals surface area contributed by atoms with Crippen molar-refractivity contribution in [1.29, 1.82) is 5.26 Å². The van der Waals surface area contributed by atoms with Gasteiger partial charge in [-0.15, -0.1) is 0 Å². The first-order valence-electron chi connectivity index (χ1n) is 6.70. The predicted octanol–water partition coefficient (Wildman–Crippen LogP) is 2.84. The van der Waals surface area contributed by atoms with Crippen molar-refractivity contribution < 1.29 is 9.47 Å². The summed E-state index contributed by atoms with van der Waals surface area (Å²) in [5.41, 5.74) is 5.93. The van der Waals surface area contributed by atoms with E-state index in [2.05, 4.69) is 6.07 Å². The van der Waals surface area contributed by atoms with Crippen molar-refractivity contribution in [2.45, 2.75) is 12.0 Å². The molecule has 0 aliphatic carbocycles. The van der Waals surface area contributed by atoms with E-state index in [1.165, 1.54) is 0 Å². The van der Waals surface area contributed by atoms with Gasteiger partial charge in [0.25, 0.3) is 0 Å². The van der Waals surface area contributed by atoms with Gasteiger partial charge in [0.2, 0.25) is 0 Å². The van der Waals surface area contributed by atoms with Crippen molar-refractivity contribution in [3.8, 4) is 17.6 Å². The average molecular weight is 282 g/mol. The summed E-state index contributed by atoms with van der Waals surface area (Å²) in [7, 11) is 1.62. The van der Waals surface area contributed by atoms with Crippen LogP contribution in [0, 0.1) is 11.3 Å². The Morgan fingerprint density at radius 1 is 1.05 bits per heavy atom. The Balaban J connectivity index is 1.96. The largest absolute Gasteiger partial charge is 0.497 e. The summed E-state index contributed by atoms with van der Waals surface area (Å²) < 4.78 is 10.7. The van der Waals surface area contributed by atoms with Gasteiger partial charge in [0.15, 0.2) is 0 Å². The monoisotopic (exact) mass is 282 g/mol. The number of benzene rings is 2. The molecule has 2 aromatic carbocycles. The molecular weight excluding hydrogens is 264 g/mol. The molecule has 2 N–H and O–H groups in total. The van der Waals surface area contributed by atoms with Crippen LogP contribution in [0.15, 0.2) is 54.6 Å². The van der Waals surface area contributed by atoms with Crippen molar-refractivity contribution in [3.05, 3.63) is 60.2 Å². The lowest BCUT2D eigenvalue weighted by atomic mass is 9.89. The van der Waals surface area contributed by atoms with E-state index >= 15 is 0 Å². The van der Waals surface area contributed by atoms with Gasteiger partial charge in [-0.1, -0.05) is 30.3 Å². The molecule has 1 atom stereocenters. The third kappa shape index (κ3) is 3.74. The quantitative estimate of drug-likeness (QED) is 0.884. The standard InChI is InChI=1S/C17H18N2O2/c1-20-15-7-9-16(10-8-15)21-12-11-17(19,13-18)14-5-3-2-4-6-14/h2-10H,11-12,19H2,1H3.